The van der Waals surface area contributed by atoms with Gasteiger partial charge in [-0.2, -0.15) is 0 Å². The van der Waals surface area contributed by atoms with Gasteiger partial charge in [-0.15, -0.1) is 0 Å². The molecule has 1 aliphatic rings. The molecule has 0 radical (unpaired) electrons. The molecule has 1 heterocycles. The molecule has 1 saturated carbocycles. The van der Waals surface area contributed by atoms with Crippen LogP contribution in [-0.2, 0) is 9.59 Å². The predicted molar refractivity (Wildman–Crippen MR) is 78.7 cm³/mol. The molecule has 1 aromatic heterocycles. The quantitative estimate of drug-likeness (QED) is 0.757. The number of carboxylic acid groups (broad SMARTS) is 1. The van der Waals surface area contributed by atoms with E-state index in [0.717, 1.165) is 5.76 Å². The number of furan rings is 1. The Morgan fingerprint density at radius 3 is 2.86 bits per heavy atom. The fourth-order valence-corrected chi connectivity index (χ4v) is 2.13. The minimum absolute atomic E-state index is 0.245. The van der Waals surface area contributed by atoms with E-state index in [1.54, 1.807) is 13.0 Å². The Bertz CT molecular complexity index is 546. The van der Waals surface area contributed by atoms with Crippen LogP contribution in [0.15, 0.2) is 22.6 Å². The lowest BCUT2D eigenvalue weighted by molar-refractivity contribution is -0.141. The van der Waals surface area contributed by atoms with Gasteiger partial charge in [-0.3, -0.25) is 9.59 Å². The van der Waals surface area contributed by atoms with E-state index in [4.69, 9.17) is 9.52 Å². The molecule has 1 aromatic rings. The first-order chi connectivity index (χ1) is 9.97. The first-order valence-corrected chi connectivity index (χ1v) is 7.26. The van der Waals surface area contributed by atoms with Gasteiger partial charge in [0.2, 0.25) is 5.91 Å². The number of hydrogen-bond donors (Lipinski definition) is 2. The summed E-state index contributed by atoms with van der Waals surface area (Å²) < 4.78 is 5.66. The molecule has 3 atom stereocenters. The summed E-state index contributed by atoms with van der Waals surface area (Å²) in [6.45, 7) is 4.15. The van der Waals surface area contributed by atoms with Crippen molar-refractivity contribution in [2.45, 2.75) is 32.6 Å². The van der Waals surface area contributed by atoms with Crippen molar-refractivity contribution in [3.05, 3.63) is 29.7 Å². The van der Waals surface area contributed by atoms with Crippen LogP contribution >= 0.6 is 0 Å². The van der Waals surface area contributed by atoms with Gasteiger partial charge < -0.3 is 14.8 Å². The van der Waals surface area contributed by atoms with Gasteiger partial charge in [0, 0.05) is 18.5 Å². The minimum Gasteiger partial charge on any atom is -0.481 e. The van der Waals surface area contributed by atoms with Crippen LogP contribution in [0.25, 0.3) is 6.08 Å². The number of carboxylic acids is 1. The van der Waals surface area contributed by atoms with E-state index in [9.17, 15) is 9.59 Å². The molecule has 5 nitrogen and oxygen atoms in total. The van der Waals surface area contributed by atoms with E-state index in [2.05, 4.69) is 12.2 Å². The van der Waals surface area contributed by atoms with Crippen molar-refractivity contribution in [1.82, 2.24) is 5.32 Å². The van der Waals surface area contributed by atoms with Gasteiger partial charge in [0.1, 0.15) is 11.5 Å². The zero-order valence-corrected chi connectivity index (χ0v) is 12.3. The molecule has 0 aromatic carbocycles. The molecule has 1 fully saturated rings. The molecule has 0 spiro atoms. The first kappa shape index (κ1) is 15.4. The maximum atomic E-state index is 11.6. The first-order valence-electron chi connectivity index (χ1n) is 7.26. The van der Waals surface area contributed by atoms with Crippen LogP contribution < -0.4 is 5.32 Å². The molecule has 2 N–H and O–H groups in total. The molecule has 1 amide bonds. The number of rotatable bonds is 7. The average molecular weight is 291 g/mol. The van der Waals surface area contributed by atoms with Gasteiger partial charge in [-0.1, -0.05) is 13.8 Å². The zero-order valence-electron chi connectivity index (χ0n) is 12.3. The van der Waals surface area contributed by atoms with Crippen LogP contribution in [-0.4, -0.2) is 23.5 Å². The van der Waals surface area contributed by atoms with Crippen molar-refractivity contribution >= 4 is 18.0 Å². The van der Waals surface area contributed by atoms with Crippen LogP contribution in [0, 0.1) is 11.8 Å². The summed E-state index contributed by atoms with van der Waals surface area (Å²) in [5.41, 5.74) is 0. The molecule has 0 aliphatic heterocycles. The van der Waals surface area contributed by atoms with Crippen LogP contribution in [0.4, 0.5) is 0 Å². The smallest absolute Gasteiger partial charge is 0.306 e. The molecule has 3 unspecified atom stereocenters. The van der Waals surface area contributed by atoms with Crippen LogP contribution in [0.5, 0.6) is 0 Å². The van der Waals surface area contributed by atoms with Gasteiger partial charge in [-0.25, -0.2) is 0 Å². The van der Waals surface area contributed by atoms with Crippen molar-refractivity contribution < 1.29 is 19.1 Å². The van der Waals surface area contributed by atoms with E-state index >= 15 is 0 Å². The Morgan fingerprint density at radius 1 is 1.52 bits per heavy atom. The van der Waals surface area contributed by atoms with Crippen molar-refractivity contribution in [2.24, 2.45) is 11.8 Å². The highest BCUT2D eigenvalue weighted by Crippen LogP contribution is 2.47. The maximum absolute atomic E-state index is 11.6. The number of hydrogen-bond acceptors (Lipinski definition) is 3. The molecule has 5 heteroatoms. The SMILES string of the molecule is CC(CCNC(=O)/C=C/c1ccc(C2CC2C)o1)C(=O)O. The summed E-state index contributed by atoms with van der Waals surface area (Å²) in [5, 5.41) is 11.4. The summed E-state index contributed by atoms with van der Waals surface area (Å²) in [6, 6.07) is 3.82. The third-order valence-electron chi connectivity index (χ3n) is 3.82. The maximum Gasteiger partial charge on any atom is 0.306 e. The molecule has 0 bridgehead atoms. The fourth-order valence-electron chi connectivity index (χ4n) is 2.13. The van der Waals surface area contributed by atoms with Crippen molar-refractivity contribution in [3.63, 3.8) is 0 Å². The Hall–Kier alpha value is -2.04. The van der Waals surface area contributed by atoms with E-state index in [1.165, 1.54) is 12.5 Å². The highest BCUT2D eigenvalue weighted by atomic mass is 16.4. The molecule has 114 valence electrons. The number of amides is 1. The lowest BCUT2D eigenvalue weighted by Gasteiger charge is -2.05. The van der Waals surface area contributed by atoms with E-state index in [0.29, 0.717) is 30.6 Å². The van der Waals surface area contributed by atoms with Gasteiger partial charge in [0.05, 0.1) is 5.92 Å². The molecule has 2 rings (SSSR count). The second-order valence-corrected chi connectivity index (χ2v) is 5.71. The molecule has 0 saturated heterocycles. The van der Waals surface area contributed by atoms with Gasteiger partial charge in [0.25, 0.3) is 0 Å². The summed E-state index contributed by atoms with van der Waals surface area (Å²) in [7, 11) is 0. The van der Waals surface area contributed by atoms with Gasteiger partial charge in [-0.05, 0) is 37.0 Å². The molecule has 21 heavy (non-hydrogen) atoms. The van der Waals surface area contributed by atoms with Crippen molar-refractivity contribution in [2.75, 3.05) is 6.54 Å². The number of carbonyl (C=O) groups is 2. The second kappa shape index (κ2) is 6.61. The fraction of sp³-hybridized carbons (Fsp3) is 0.500. The van der Waals surface area contributed by atoms with E-state index in [1.807, 2.05) is 12.1 Å². The van der Waals surface area contributed by atoms with E-state index < -0.39 is 11.9 Å². The highest BCUT2D eigenvalue weighted by Gasteiger charge is 2.36. The topological polar surface area (TPSA) is 79.5 Å². The van der Waals surface area contributed by atoms with Gasteiger partial charge >= 0.3 is 5.97 Å². The Morgan fingerprint density at radius 2 is 2.24 bits per heavy atom. The van der Waals surface area contributed by atoms with Crippen LogP contribution in [0.3, 0.4) is 0 Å². The molecular formula is C16H21NO4. The summed E-state index contributed by atoms with van der Waals surface area (Å²) in [4.78, 5) is 22.2. The lowest BCUT2D eigenvalue weighted by Crippen LogP contribution is -2.25. The normalized spacial score (nSPS) is 22.2. The summed E-state index contributed by atoms with van der Waals surface area (Å²) >= 11 is 0. The minimum atomic E-state index is -0.850. The summed E-state index contributed by atoms with van der Waals surface area (Å²) in [5.74, 6) is 1.31. The van der Waals surface area contributed by atoms with Gasteiger partial charge in [0.15, 0.2) is 0 Å². The second-order valence-electron chi connectivity index (χ2n) is 5.71. The number of carbonyl (C=O) groups excluding carboxylic acids is 1. The van der Waals surface area contributed by atoms with Crippen LogP contribution in [0.2, 0.25) is 0 Å². The largest absolute Gasteiger partial charge is 0.481 e. The zero-order chi connectivity index (χ0) is 15.4. The average Bonchev–Trinajstić information content (AvgIpc) is 2.99. The highest BCUT2D eigenvalue weighted by molar-refractivity contribution is 5.91. The Kier molecular flexibility index (Phi) is 4.83. The predicted octanol–water partition coefficient (Wildman–Crippen LogP) is 2.64. The Labute approximate surface area is 124 Å². The third-order valence-corrected chi connectivity index (χ3v) is 3.82. The lowest BCUT2D eigenvalue weighted by atomic mass is 10.1. The molecule has 1 aliphatic carbocycles. The van der Waals surface area contributed by atoms with Crippen molar-refractivity contribution in [1.29, 1.82) is 0 Å². The Balaban J connectivity index is 1.74. The monoisotopic (exact) mass is 291 g/mol. The standard InChI is InChI=1S/C16H21NO4/c1-10(16(19)20)7-8-17-15(18)6-4-12-3-5-14(21-12)13-9-11(13)2/h3-6,10-11,13H,7-9H2,1-2H3,(H,17,18)(H,19,20)/b6-4+. The number of nitrogens with one attached hydrogen (secondary N) is 1. The molecular weight excluding hydrogens is 270 g/mol. The third kappa shape index (κ3) is 4.48. The van der Waals surface area contributed by atoms with Crippen LogP contribution in [0.1, 0.15) is 44.1 Å². The van der Waals surface area contributed by atoms with E-state index in [-0.39, 0.29) is 5.91 Å². The number of aliphatic carboxylic acids is 1. The van der Waals surface area contributed by atoms with Crippen molar-refractivity contribution in [3.8, 4) is 0 Å². The summed E-state index contributed by atoms with van der Waals surface area (Å²) in [6.07, 6.45) is 4.62.